The number of nitrogens with two attached hydrogens (primary N) is 1. The van der Waals surface area contributed by atoms with Crippen molar-refractivity contribution < 1.29 is 9.47 Å². The van der Waals surface area contributed by atoms with E-state index in [1.54, 1.807) is 7.11 Å². The molecular weight excluding hydrogens is 262 g/mol. The van der Waals surface area contributed by atoms with Gasteiger partial charge in [0.2, 0.25) is 0 Å². The van der Waals surface area contributed by atoms with Gasteiger partial charge in [0.25, 0.3) is 0 Å². The van der Waals surface area contributed by atoms with Gasteiger partial charge in [0.1, 0.15) is 6.61 Å². The fourth-order valence-corrected chi connectivity index (χ4v) is 2.20. The molecule has 3 nitrogen and oxygen atoms in total. The van der Waals surface area contributed by atoms with Crippen LogP contribution in [0.25, 0.3) is 0 Å². The number of unbranched alkanes of at least 4 members (excludes halogenated alkanes) is 1. The summed E-state index contributed by atoms with van der Waals surface area (Å²) in [5.41, 5.74) is 7.92. The van der Waals surface area contributed by atoms with Gasteiger partial charge in [-0.3, -0.25) is 0 Å². The average molecular weight is 285 g/mol. The quantitative estimate of drug-likeness (QED) is 0.754. The predicted molar refractivity (Wildman–Crippen MR) is 85.8 cm³/mol. The van der Waals surface area contributed by atoms with Crippen LogP contribution in [0.4, 0.5) is 0 Å². The Hall–Kier alpha value is -2.00. The first-order valence-corrected chi connectivity index (χ1v) is 7.37. The fraction of sp³-hybridized carbons (Fsp3) is 0.333. The van der Waals surface area contributed by atoms with Crippen LogP contribution in [0.1, 0.15) is 24.0 Å². The largest absolute Gasteiger partial charge is 0.493 e. The molecule has 2 rings (SSSR count). The molecule has 2 N–H and O–H groups in total. The van der Waals surface area contributed by atoms with Crippen molar-refractivity contribution in [3.05, 3.63) is 59.7 Å². The maximum absolute atomic E-state index is 5.85. The van der Waals surface area contributed by atoms with E-state index in [-0.39, 0.29) is 0 Å². The summed E-state index contributed by atoms with van der Waals surface area (Å²) in [5, 5.41) is 0. The van der Waals surface area contributed by atoms with E-state index < -0.39 is 0 Å². The Balaban J connectivity index is 1.99. The molecule has 0 aromatic heterocycles. The second-order valence-corrected chi connectivity index (χ2v) is 5.01. The Morgan fingerprint density at radius 1 is 0.905 bits per heavy atom. The van der Waals surface area contributed by atoms with Crippen LogP contribution >= 0.6 is 0 Å². The Kier molecular flexibility index (Phi) is 6.10. The van der Waals surface area contributed by atoms with E-state index in [4.69, 9.17) is 15.2 Å². The fourth-order valence-electron chi connectivity index (χ4n) is 2.20. The van der Waals surface area contributed by atoms with Gasteiger partial charge in [-0.25, -0.2) is 0 Å². The number of hydrogen-bond acceptors (Lipinski definition) is 3. The number of aryl methyl sites for hydroxylation is 1. The summed E-state index contributed by atoms with van der Waals surface area (Å²) in [6, 6.07) is 16.3. The maximum atomic E-state index is 5.85. The van der Waals surface area contributed by atoms with Gasteiger partial charge in [-0.1, -0.05) is 36.4 Å². The van der Waals surface area contributed by atoms with Crippen LogP contribution < -0.4 is 15.2 Å². The topological polar surface area (TPSA) is 44.5 Å². The Morgan fingerprint density at radius 3 is 2.43 bits per heavy atom. The molecule has 0 bridgehead atoms. The molecule has 21 heavy (non-hydrogen) atoms. The minimum absolute atomic E-state index is 0.545. The minimum atomic E-state index is 0.545. The molecule has 112 valence electrons. The Morgan fingerprint density at radius 2 is 1.71 bits per heavy atom. The third kappa shape index (κ3) is 4.80. The molecule has 0 saturated heterocycles. The highest BCUT2D eigenvalue weighted by Crippen LogP contribution is 2.29. The van der Waals surface area contributed by atoms with Gasteiger partial charge in [0, 0.05) is 0 Å². The van der Waals surface area contributed by atoms with Crippen molar-refractivity contribution in [3.8, 4) is 11.5 Å². The molecule has 0 saturated carbocycles. The number of methoxy groups -OCH3 is 1. The number of benzene rings is 2. The molecule has 0 aliphatic rings. The molecule has 0 amide bonds. The van der Waals surface area contributed by atoms with Crippen molar-refractivity contribution in [1.29, 1.82) is 0 Å². The van der Waals surface area contributed by atoms with Gasteiger partial charge in [-0.15, -0.1) is 0 Å². The second-order valence-electron chi connectivity index (χ2n) is 5.01. The highest BCUT2D eigenvalue weighted by Gasteiger charge is 2.06. The van der Waals surface area contributed by atoms with E-state index in [1.165, 1.54) is 5.56 Å². The van der Waals surface area contributed by atoms with Gasteiger partial charge >= 0.3 is 0 Å². The first-order chi connectivity index (χ1) is 10.3. The number of ether oxygens (including phenoxy) is 2. The summed E-state index contributed by atoms with van der Waals surface area (Å²) in [6.45, 7) is 1.29. The normalized spacial score (nSPS) is 10.4. The minimum Gasteiger partial charge on any atom is -0.493 e. The van der Waals surface area contributed by atoms with Crippen molar-refractivity contribution in [2.45, 2.75) is 25.9 Å². The summed E-state index contributed by atoms with van der Waals surface area (Å²) in [5.74, 6) is 1.57. The van der Waals surface area contributed by atoms with Crippen molar-refractivity contribution >= 4 is 0 Å². The summed E-state index contributed by atoms with van der Waals surface area (Å²) < 4.78 is 11.3. The van der Waals surface area contributed by atoms with Gasteiger partial charge in [0.05, 0.1) is 7.11 Å². The van der Waals surface area contributed by atoms with Gasteiger partial charge in [0.15, 0.2) is 11.5 Å². The zero-order valence-electron chi connectivity index (χ0n) is 12.5. The van der Waals surface area contributed by atoms with Gasteiger partial charge in [-0.05, 0) is 49.1 Å². The molecule has 3 heteroatoms. The summed E-state index contributed by atoms with van der Waals surface area (Å²) >= 11 is 0. The molecule has 2 aromatic carbocycles. The standard InChI is InChI=1S/C18H23NO2/c1-20-18-13-15(7-5-6-12-19)10-11-17(18)21-14-16-8-3-2-4-9-16/h2-4,8-11,13H,5-7,12,14,19H2,1H3. The maximum Gasteiger partial charge on any atom is 0.161 e. The molecular formula is C18H23NO2. The molecule has 0 atom stereocenters. The van der Waals surface area contributed by atoms with Crippen LogP contribution in [-0.4, -0.2) is 13.7 Å². The molecule has 0 spiro atoms. The first-order valence-electron chi connectivity index (χ1n) is 7.37. The van der Waals surface area contributed by atoms with Crippen molar-refractivity contribution in [1.82, 2.24) is 0 Å². The summed E-state index contributed by atoms with van der Waals surface area (Å²) in [4.78, 5) is 0. The van der Waals surface area contributed by atoms with E-state index in [1.807, 2.05) is 36.4 Å². The lowest BCUT2D eigenvalue weighted by Gasteiger charge is -2.12. The highest BCUT2D eigenvalue weighted by atomic mass is 16.5. The third-order valence-electron chi connectivity index (χ3n) is 3.38. The predicted octanol–water partition coefficient (Wildman–Crippen LogP) is 3.56. The van der Waals surface area contributed by atoms with Gasteiger partial charge in [-0.2, -0.15) is 0 Å². The molecule has 0 unspecified atom stereocenters. The van der Waals surface area contributed by atoms with Crippen molar-refractivity contribution in [2.75, 3.05) is 13.7 Å². The molecule has 0 aliphatic carbocycles. The van der Waals surface area contributed by atoms with Crippen molar-refractivity contribution in [3.63, 3.8) is 0 Å². The van der Waals surface area contributed by atoms with E-state index in [0.717, 1.165) is 42.9 Å². The Labute approximate surface area is 126 Å². The van der Waals surface area contributed by atoms with E-state index in [2.05, 4.69) is 12.1 Å². The SMILES string of the molecule is COc1cc(CCCCN)ccc1OCc1ccccc1. The van der Waals surface area contributed by atoms with Crippen LogP contribution in [0, 0.1) is 0 Å². The molecule has 0 radical (unpaired) electrons. The van der Waals surface area contributed by atoms with Gasteiger partial charge < -0.3 is 15.2 Å². The molecule has 2 aromatic rings. The lowest BCUT2D eigenvalue weighted by Crippen LogP contribution is -2.00. The molecule has 0 aliphatic heterocycles. The smallest absolute Gasteiger partial charge is 0.161 e. The zero-order valence-corrected chi connectivity index (χ0v) is 12.5. The third-order valence-corrected chi connectivity index (χ3v) is 3.38. The van der Waals surface area contributed by atoms with E-state index >= 15 is 0 Å². The number of rotatable bonds is 8. The summed E-state index contributed by atoms with van der Waals surface area (Å²) in [7, 11) is 1.67. The summed E-state index contributed by atoms with van der Waals surface area (Å²) in [6.07, 6.45) is 3.17. The lowest BCUT2D eigenvalue weighted by molar-refractivity contribution is 0.284. The van der Waals surface area contributed by atoms with Crippen LogP contribution in [0.15, 0.2) is 48.5 Å². The van der Waals surface area contributed by atoms with Crippen LogP contribution in [0.5, 0.6) is 11.5 Å². The zero-order chi connectivity index (χ0) is 14.9. The second kappa shape index (κ2) is 8.32. The Bertz CT molecular complexity index is 540. The average Bonchev–Trinajstić information content (AvgIpc) is 2.54. The highest BCUT2D eigenvalue weighted by molar-refractivity contribution is 5.43. The van der Waals surface area contributed by atoms with E-state index in [9.17, 15) is 0 Å². The van der Waals surface area contributed by atoms with Crippen LogP contribution in [0.2, 0.25) is 0 Å². The lowest BCUT2D eigenvalue weighted by atomic mass is 10.1. The van der Waals surface area contributed by atoms with Crippen LogP contribution in [0.3, 0.4) is 0 Å². The monoisotopic (exact) mass is 285 g/mol. The van der Waals surface area contributed by atoms with E-state index in [0.29, 0.717) is 6.61 Å². The molecule has 0 fully saturated rings. The first kappa shape index (κ1) is 15.4. The van der Waals surface area contributed by atoms with Crippen LogP contribution in [-0.2, 0) is 13.0 Å². The molecule has 0 heterocycles. The number of hydrogen-bond donors (Lipinski definition) is 1. The van der Waals surface area contributed by atoms with Crippen molar-refractivity contribution in [2.24, 2.45) is 5.73 Å².